The summed E-state index contributed by atoms with van der Waals surface area (Å²) >= 11 is 0. The van der Waals surface area contributed by atoms with Crippen LogP contribution in [0.3, 0.4) is 0 Å². The lowest BCUT2D eigenvalue weighted by molar-refractivity contribution is -0.114. The van der Waals surface area contributed by atoms with E-state index in [1.54, 1.807) is 7.11 Å². The Labute approximate surface area is 150 Å². The van der Waals surface area contributed by atoms with Crippen LogP contribution in [-0.4, -0.2) is 44.7 Å². The minimum absolute atomic E-state index is 0.00141. The van der Waals surface area contributed by atoms with E-state index in [4.69, 9.17) is 4.74 Å². The number of para-hydroxylation sites is 1. The van der Waals surface area contributed by atoms with Gasteiger partial charge in [0, 0.05) is 11.4 Å². The second-order valence-corrected chi connectivity index (χ2v) is 5.58. The van der Waals surface area contributed by atoms with Crippen molar-refractivity contribution in [1.82, 2.24) is 25.1 Å². The molecule has 0 spiro atoms. The average molecular weight is 353 g/mol. The van der Waals surface area contributed by atoms with Gasteiger partial charge in [-0.25, -0.2) is 9.97 Å². The fourth-order valence-electron chi connectivity index (χ4n) is 2.41. The van der Waals surface area contributed by atoms with Gasteiger partial charge < -0.3 is 10.1 Å². The highest BCUT2D eigenvalue weighted by molar-refractivity contribution is 5.92. The monoisotopic (exact) mass is 353 g/mol. The number of nitrogens with zero attached hydrogens (tertiary/aromatic N) is 4. The summed E-state index contributed by atoms with van der Waals surface area (Å²) < 4.78 is 5.30. The van der Waals surface area contributed by atoms with Crippen LogP contribution in [0.5, 0.6) is 5.75 Å². The molecule has 0 unspecified atom stereocenters. The van der Waals surface area contributed by atoms with Gasteiger partial charge in [-0.1, -0.05) is 12.1 Å². The molecule has 0 aliphatic heterocycles. The van der Waals surface area contributed by atoms with Crippen molar-refractivity contribution in [3.63, 3.8) is 0 Å². The van der Waals surface area contributed by atoms with Crippen molar-refractivity contribution in [2.45, 2.75) is 13.8 Å². The van der Waals surface area contributed by atoms with Crippen molar-refractivity contribution in [2.75, 3.05) is 24.3 Å². The molecule has 3 N–H and O–H groups in total. The predicted molar refractivity (Wildman–Crippen MR) is 97.0 cm³/mol. The summed E-state index contributed by atoms with van der Waals surface area (Å²) in [6, 6.07) is 9.26. The van der Waals surface area contributed by atoms with Crippen molar-refractivity contribution in [2.24, 2.45) is 0 Å². The number of carbonyl (C=O) groups excluding carboxylic acids is 1. The van der Waals surface area contributed by atoms with Gasteiger partial charge in [-0.3, -0.25) is 15.2 Å². The zero-order chi connectivity index (χ0) is 18.5. The molecule has 1 amide bonds. The smallest absolute Gasteiger partial charge is 0.249 e. The number of aromatic nitrogens is 5. The standard InChI is InChI=1S/C17H19N7O2/c1-10-8-11(2)20-16(19-10)18-9-14(25)21-17-22-15(23-24-17)12-6-4-5-7-13(12)26-3/h4-8H,9H2,1-3H3,(H,18,19,20)(H2,21,22,23,24,25). The second kappa shape index (κ2) is 7.60. The van der Waals surface area contributed by atoms with Gasteiger partial charge in [0.05, 0.1) is 19.2 Å². The van der Waals surface area contributed by atoms with Gasteiger partial charge in [0.25, 0.3) is 0 Å². The van der Waals surface area contributed by atoms with Crippen molar-refractivity contribution in [1.29, 1.82) is 0 Å². The Balaban J connectivity index is 1.62. The van der Waals surface area contributed by atoms with E-state index >= 15 is 0 Å². The van der Waals surface area contributed by atoms with E-state index in [-0.39, 0.29) is 18.4 Å². The molecule has 0 atom stereocenters. The first kappa shape index (κ1) is 17.3. The lowest BCUT2D eigenvalue weighted by Crippen LogP contribution is -2.23. The summed E-state index contributed by atoms with van der Waals surface area (Å²) in [5.41, 5.74) is 2.41. The molecule has 0 saturated heterocycles. The Morgan fingerprint density at radius 2 is 1.85 bits per heavy atom. The SMILES string of the molecule is COc1ccccc1-c1nc(NC(=O)CNc2nc(C)cc(C)n2)n[nH]1. The van der Waals surface area contributed by atoms with E-state index in [0.717, 1.165) is 17.0 Å². The molecular weight excluding hydrogens is 334 g/mol. The van der Waals surface area contributed by atoms with E-state index < -0.39 is 0 Å². The highest BCUT2D eigenvalue weighted by Crippen LogP contribution is 2.26. The normalized spacial score (nSPS) is 10.4. The van der Waals surface area contributed by atoms with Crippen molar-refractivity contribution >= 4 is 17.8 Å². The molecule has 0 aliphatic rings. The number of nitrogens with one attached hydrogen (secondary N) is 3. The number of hydrogen-bond acceptors (Lipinski definition) is 7. The van der Waals surface area contributed by atoms with Crippen molar-refractivity contribution in [3.8, 4) is 17.1 Å². The number of benzene rings is 1. The molecule has 2 heterocycles. The largest absolute Gasteiger partial charge is 0.496 e. The molecule has 9 heteroatoms. The molecule has 0 fully saturated rings. The molecular formula is C17H19N7O2. The van der Waals surface area contributed by atoms with Crippen LogP contribution in [-0.2, 0) is 4.79 Å². The Morgan fingerprint density at radius 3 is 2.58 bits per heavy atom. The quantitative estimate of drug-likeness (QED) is 0.620. The third kappa shape index (κ3) is 4.12. The summed E-state index contributed by atoms with van der Waals surface area (Å²) in [4.78, 5) is 24.8. The molecule has 0 aliphatic carbocycles. The van der Waals surface area contributed by atoms with Crippen LogP contribution >= 0.6 is 0 Å². The maximum atomic E-state index is 12.1. The van der Waals surface area contributed by atoms with E-state index in [1.165, 1.54) is 0 Å². The predicted octanol–water partition coefficient (Wildman–Crippen LogP) is 1.94. The van der Waals surface area contributed by atoms with E-state index in [0.29, 0.717) is 17.5 Å². The highest BCUT2D eigenvalue weighted by Gasteiger charge is 2.12. The topological polar surface area (TPSA) is 118 Å². The summed E-state index contributed by atoms with van der Waals surface area (Å²) in [6.45, 7) is 3.74. The van der Waals surface area contributed by atoms with Gasteiger partial charge >= 0.3 is 0 Å². The number of anilines is 2. The molecule has 9 nitrogen and oxygen atoms in total. The number of H-pyrrole nitrogens is 1. The van der Waals surface area contributed by atoms with Gasteiger partial charge in [0.1, 0.15) is 5.75 Å². The minimum atomic E-state index is -0.307. The molecule has 134 valence electrons. The number of amides is 1. The molecule has 3 aromatic rings. The van der Waals surface area contributed by atoms with Crippen LogP contribution in [0.1, 0.15) is 11.4 Å². The van der Waals surface area contributed by atoms with Crippen LogP contribution in [0, 0.1) is 13.8 Å². The Morgan fingerprint density at radius 1 is 1.12 bits per heavy atom. The summed E-state index contributed by atoms with van der Waals surface area (Å²) in [5, 5.41) is 12.3. The van der Waals surface area contributed by atoms with Gasteiger partial charge in [-0.2, -0.15) is 4.98 Å². The highest BCUT2D eigenvalue weighted by atomic mass is 16.5. The van der Waals surface area contributed by atoms with Crippen LogP contribution in [0.2, 0.25) is 0 Å². The van der Waals surface area contributed by atoms with Crippen molar-refractivity contribution in [3.05, 3.63) is 41.7 Å². The van der Waals surface area contributed by atoms with Crippen LogP contribution in [0.4, 0.5) is 11.9 Å². The number of hydrogen-bond donors (Lipinski definition) is 3. The van der Waals surface area contributed by atoms with Gasteiger partial charge in [-0.15, -0.1) is 5.10 Å². The zero-order valence-corrected chi connectivity index (χ0v) is 14.7. The van der Waals surface area contributed by atoms with Crippen LogP contribution < -0.4 is 15.4 Å². The number of aryl methyl sites for hydroxylation is 2. The van der Waals surface area contributed by atoms with Crippen LogP contribution in [0.25, 0.3) is 11.4 Å². The number of methoxy groups -OCH3 is 1. The number of aromatic amines is 1. The first-order chi connectivity index (χ1) is 12.5. The summed E-state index contributed by atoms with van der Waals surface area (Å²) in [6.07, 6.45) is 0. The third-order valence-corrected chi connectivity index (χ3v) is 3.49. The molecule has 26 heavy (non-hydrogen) atoms. The summed E-state index contributed by atoms with van der Waals surface area (Å²) in [5.74, 6) is 1.44. The fourth-order valence-corrected chi connectivity index (χ4v) is 2.41. The molecule has 0 radical (unpaired) electrons. The lowest BCUT2D eigenvalue weighted by Gasteiger charge is -2.06. The second-order valence-electron chi connectivity index (χ2n) is 5.58. The van der Waals surface area contributed by atoms with Gasteiger partial charge in [0.15, 0.2) is 5.82 Å². The summed E-state index contributed by atoms with van der Waals surface area (Å²) in [7, 11) is 1.58. The Hall–Kier alpha value is -3.49. The van der Waals surface area contributed by atoms with Gasteiger partial charge in [0.2, 0.25) is 17.8 Å². The number of ether oxygens (including phenoxy) is 1. The molecule has 0 saturated carbocycles. The fraction of sp³-hybridized carbons (Fsp3) is 0.235. The van der Waals surface area contributed by atoms with Crippen LogP contribution in [0.15, 0.2) is 30.3 Å². The van der Waals surface area contributed by atoms with E-state index in [2.05, 4.69) is 35.8 Å². The maximum absolute atomic E-state index is 12.1. The zero-order valence-electron chi connectivity index (χ0n) is 14.7. The van der Waals surface area contributed by atoms with Gasteiger partial charge in [-0.05, 0) is 32.0 Å². The minimum Gasteiger partial charge on any atom is -0.496 e. The van der Waals surface area contributed by atoms with Crippen molar-refractivity contribution < 1.29 is 9.53 Å². The molecule has 2 aromatic heterocycles. The lowest BCUT2D eigenvalue weighted by atomic mass is 10.2. The first-order valence-corrected chi connectivity index (χ1v) is 7.97. The van der Waals surface area contributed by atoms with E-state index in [1.807, 2.05) is 44.2 Å². The molecule has 0 bridgehead atoms. The third-order valence-electron chi connectivity index (χ3n) is 3.49. The number of carbonyl (C=O) groups is 1. The molecule has 3 rings (SSSR count). The average Bonchev–Trinajstić information content (AvgIpc) is 3.07. The van der Waals surface area contributed by atoms with E-state index in [9.17, 15) is 4.79 Å². The molecule has 1 aromatic carbocycles. The number of rotatable bonds is 6. The Kier molecular flexibility index (Phi) is 5.07. The maximum Gasteiger partial charge on any atom is 0.249 e. The first-order valence-electron chi connectivity index (χ1n) is 7.97. The Bertz CT molecular complexity index is 903.